The molecule has 1 rings (SSSR count). The van der Waals surface area contributed by atoms with Crippen molar-refractivity contribution in [2.45, 2.75) is 13.8 Å². The smallest absolute Gasteiger partial charge is 0.0892 e. The second-order valence-electron chi connectivity index (χ2n) is 5.54. The first-order valence-electron chi connectivity index (χ1n) is 8.35. The molecule has 0 bridgehead atoms. The fourth-order valence-corrected chi connectivity index (χ4v) is 2.00. The highest BCUT2D eigenvalue weighted by molar-refractivity contribution is 6.38. The van der Waals surface area contributed by atoms with E-state index in [2.05, 4.69) is 36.3 Å². The molecule has 0 N–H and O–H groups in total. The van der Waals surface area contributed by atoms with Crippen LogP contribution in [0, 0.1) is 0 Å². The second-order valence-corrected chi connectivity index (χ2v) is 5.54. The Kier molecular flexibility index (Phi) is 9.05. The zero-order valence-electron chi connectivity index (χ0n) is 15.7. The van der Waals surface area contributed by atoms with Gasteiger partial charge in [0.15, 0.2) is 0 Å². The molecule has 2 heteroatoms. The van der Waals surface area contributed by atoms with E-state index < -0.39 is 0 Å². The zero-order valence-corrected chi connectivity index (χ0v) is 15.7. The van der Waals surface area contributed by atoms with Crippen molar-refractivity contribution in [3.05, 3.63) is 107 Å². The Morgan fingerprint density at radius 3 is 2.12 bits per heavy atom. The second kappa shape index (κ2) is 11.3. The van der Waals surface area contributed by atoms with Gasteiger partial charge in [-0.25, -0.2) is 4.99 Å². The van der Waals surface area contributed by atoms with Gasteiger partial charge in [-0.1, -0.05) is 74.9 Å². The van der Waals surface area contributed by atoms with E-state index in [1.807, 2.05) is 80.6 Å². The minimum atomic E-state index is 0.636. The first-order valence-corrected chi connectivity index (χ1v) is 8.35. The molecule has 0 saturated carbocycles. The topological polar surface area (TPSA) is 24.7 Å². The van der Waals surface area contributed by atoms with Crippen molar-refractivity contribution in [1.29, 1.82) is 0 Å². The molecule has 0 unspecified atom stereocenters. The van der Waals surface area contributed by atoms with E-state index in [4.69, 9.17) is 0 Å². The maximum atomic E-state index is 4.60. The molecule has 0 aromatic heterocycles. The van der Waals surface area contributed by atoms with Gasteiger partial charge in [0, 0.05) is 5.56 Å². The summed E-state index contributed by atoms with van der Waals surface area (Å²) >= 11 is 0. The zero-order chi connectivity index (χ0) is 19.4. The average Bonchev–Trinajstić information content (AvgIpc) is 2.59. The Morgan fingerprint density at radius 1 is 0.846 bits per heavy atom. The Hall–Kier alpha value is -3.26. The summed E-state index contributed by atoms with van der Waals surface area (Å²) in [6, 6.07) is 13.5. The largest absolute Gasteiger partial charge is 0.255 e. The Bertz CT molecular complexity index is 927. The lowest BCUT2D eigenvalue weighted by molar-refractivity contribution is 1.41. The number of aliphatic imine (C=N–C) groups is 2. The average molecular weight is 342 g/mol. The molecule has 1 aromatic rings. The maximum absolute atomic E-state index is 4.60. The normalized spacial score (nSPS) is 11.8. The highest BCUT2D eigenvalue weighted by Gasteiger charge is 2.00. The van der Waals surface area contributed by atoms with E-state index in [9.17, 15) is 0 Å². The summed E-state index contributed by atoms with van der Waals surface area (Å²) in [5.74, 6) is 0. The lowest BCUT2D eigenvalue weighted by Crippen LogP contribution is -2.07. The van der Waals surface area contributed by atoms with Crippen LogP contribution in [0.25, 0.3) is 13.2 Å². The maximum Gasteiger partial charge on any atom is 0.0892 e. The molecule has 0 saturated heterocycles. The van der Waals surface area contributed by atoms with Gasteiger partial charge in [0.25, 0.3) is 0 Å². The predicted octanol–water partition coefficient (Wildman–Crippen LogP) is 4.67. The standard InChI is InChI=1S/C24H26N2/c1-7-11-21(5)25-18-24(26-22(6)12-8-2)23-16-15-19(3)13-9-10-14-20(4)17-23/h7-18H,3-6H2,1-2H3/b11-7-,12-8-,13-9?,14-10?,16-15?,23-17?,25-18?,26-24?. The molecule has 0 fully saturated rings. The van der Waals surface area contributed by atoms with Crippen LogP contribution in [0.5, 0.6) is 0 Å². The van der Waals surface area contributed by atoms with E-state index in [1.165, 1.54) is 0 Å². The highest BCUT2D eigenvalue weighted by Crippen LogP contribution is 2.03. The number of allylic oxidation sites excluding steroid dienone is 4. The summed E-state index contributed by atoms with van der Waals surface area (Å²) in [6.45, 7) is 19.8. The molecule has 26 heavy (non-hydrogen) atoms. The molecule has 1 aromatic carbocycles. The van der Waals surface area contributed by atoms with Gasteiger partial charge >= 0.3 is 0 Å². The minimum Gasteiger partial charge on any atom is -0.255 e. The van der Waals surface area contributed by atoms with Gasteiger partial charge in [0.1, 0.15) is 0 Å². The molecule has 0 spiro atoms. The number of hydrogen-bond acceptors (Lipinski definition) is 2. The van der Waals surface area contributed by atoms with Crippen LogP contribution in [0.1, 0.15) is 19.4 Å². The number of nitrogens with zero attached hydrogens (tertiary/aromatic N) is 2. The Balaban J connectivity index is 3.62. The molecule has 0 amide bonds. The fourth-order valence-electron chi connectivity index (χ4n) is 2.00. The lowest BCUT2D eigenvalue weighted by Gasteiger charge is -2.01. The molecule has 0 atom stereocenters. The van der Waals surface area contributed by atoms with Crippen molar-refractivity contribution in [1.82, 2.24) is 0 Å². The molecule has 0 aliphatic heterocycles. The summed E-state index contributed by atoms with van der Waals surface area (Å²) < 4.78 is 0. The van der Waals surface area contributed by atoms with Crippen LogP contribution in [0.4, 0.5) is 0 Å². The summed E-state index contributed by atoms with van der Waals surface area (Å²) in [5, 5.41) is 1.74. The summed E-state index contributed by atoms with van der Waals surface area (Å²) in [6.07, 6.45) is 9.15. The minimum absolute atomic E-state index is 0.636. The molecular weight excluding hydrogens is 316 g/mol. The van der Waals surface area contributed by atoms with Crippen LogP contribution in [0.2, 0.25) is 0 Å². The van der Waals surface area contributed by atoms with Gasteiger partial charge in [0.2, 0.25) is 0 Å². The first kappa shape index (κ1) is 20.8. The van der Waals surface area contributed by atoms with Crippen molar-refractivity contribution in [2.75, 3.05) is 0 Å². The summed E-state index contributed by atoms with van der Waals surface area (Å²) in [7, 11) is 0. The third-order valence-electron chi connectivity index (χ3n) is 3.18. The van der Waals surface area contributed by atoms with Crippen molar-refractivity contribution in [3.8, 4) is 0 Å². The van der Waals surface area contributed by atoms with Gasteiger partial charge < -0.3 is 0 Å². The number of hydrogen-bond donors (Lipinski definition) is 0. The summed E-state index contributed by atoms with van der Waals surface area (Å²) in [5.41, 5.74) is 2.81. The van der Waals surface area contributed by atoms with E-state index in [1.54, 1.807) is 6.21 Å². The highest BCUT2D eigenvalue weighted by atomic mass is 14.8. The fraction of sp³-hybridized carbons (Fsp3) is 0.0833. The van der Waals surface area contributed by atoms with Crippen LogP contribution in [0.15, 0.2) is 101 Å². The van der Waals surface area contributed by atoms with Crippen molar-refractivity contribution >= 4 is 25.1 Å². The SMILES string of the molecule is C=C(/C=C\C)N=CC(=NC(=C)/C=C\C)c1ccc(=C)ccccc(=C)c1. The van der Waals surface area contributed by atoms with E-state index >= 15 is 0 Å². The number of rotatable bonds is 6. The Labute approximate surface area is 156 Å². The van der Waals surface area contributed by atoms with Crippen LogP contribution in [0.3, 0.4) is 0 Å². The van der Waals surface area contributed by atoms with Crippen molar-refractivity contribution in [2.24, 2.45) is 9.98 Å². The lowest BCUT2D eigenvalue weighted by atomic mass is 10.1. The molecular formula is C24H26N2. The van der Waals surface area contributed by atoms with Crippen LogP contribution >= 0.6 is 0 Å². The third kappa shape index (κ3) is 8.02. The van der Waals surface area contributed by atoms with E-state index in [-0.39, 0.29) is 0 Å². The van der Waals surface area contributed by atoms with E-state index in [0.717, 1.165) is 16.0 Å². The van der Waals surface area contributed by atoms with Gasteiger partial charge in [-0.3, -0.25) is 4.99 Å². The third-order valence-corrected chi connectivity index (χ3v) is 3.18. The van der Waals surface area contributed by atoms with Crippen LogP contribution < -0.4 is 10.4 Å². The first-order chi connectivity index (χ1) is 12.5. The Morgan fingerprint density at radius 2 is 1.46 bits per heavy atom. The van der Waals surface area contributed by atoms with E-state index in [0.29, 0.717) is 17.1 Å². The molecule has 0 radical (unpaired) electrons. The predicted molar refractivity (Wildman–Crippen MR) is 117 cm³/mol. The van der Waals surface area contributed by atoms with Gasteiger partial charge in [0.05, 0.1) is 23.3 Å². The molecule has 0 aliphatic carbocycles. The van der Waals surface area contributed by atoms with Gasteiger partial charge in [-0.2, -0.15) is 0 Å². The van der Waals surface area contributed by atoms with Crippen molar-refractivity contribution < 1.29 is 0 Å². The summed E-state index contributed by atoms with van der Waals surface area (Å²) in [4.78, 5) is 8.98. The van der Waals surface area contributed by atoms with Gasteiger partial charge in [-0.05, 0) is 42.5 Å². The molecule has 2 nitrogen and oxygen atoms in total. The van der Waals surface area contributed by atoms with Crippen LogP contribution in [-0.2, 0) is 0 Å². The molecule has 0 heterocycles. The quantitative estimate of drug-likeness (QED) is 0.530. The van der Waals surface area contributed by atoms with Crippen molar-refractivity contribution in [3.63, 3.8) is 0 Å². The monoisotopic (exact) mass is 342 g/mol. The van der Waals surface area contributed by atoms with Gasteiger partial charge in [-0.15, -0.1) is 0 Å². The molecule has 132 valence electrons. The van der Waals surface area contributed by atoms with Crippen LogP contribution in [-0.4, -0.2) is 11.9 Å². The molecule has 0 aliphatic rings.